The molecule has 1 aliphatic rings. The third-order valence-electron chi connectivity index (χ3n) is 3.06. The molecule has 2 rings (SSSR count). The Hall–Kier alpha value is -1.85. The summed E-state index contributed by atoms with van der Waals surface area (Å²) in [7, 11) is 0. The largest absolute Gasteiger partial charge is 0.465 e. The van der Waals surface area contributed by atoms with Crippen LogP contribution in [0.15, 0.2) is 42.5 Å². The zero-order valence-electron chi connectivity index (χ0n) is 9.90. The standard InChI is InChI=1S/C13H16N2O3/c14-18-12-8-4-7-11(12)15(13(16)17)9-10-5-2-1-3-6-10/h1-7,11-12H,8-9,14H2,(H,16,17)/t11-,12+/m0/s1. The van der Waals surface area contributed by atoms with Crippen molar-refractivity contribution in [1.82, 2.24) is 4.90 Å². The first-order valence-electron chi connectivity index (χ1n) is 5.78. The van der Waals surface area contributed by atoms with E-state index in [-0.39, 0.29) is 12.1 Å². The van der Waals surface area contributed by atoms with Crippen LogP contribution < -0.4 is 5.90 Å². The molecule has 0 aliphatic heterocycles. The fourth-order valence-electron chi connectivity index (χ4n) is 2.14. The van der Waals surface area contributed by atoms with Gasteiger partial charge in [-0.2, -0.15) is 0 Å². The fraction of sp³-hybridized carbons (Fsp3) is 0.308. The molecular formula is C13H16N2O3. The third-order valence-corrected chi connectivity index (χ3v) is 3.06. The molecule has 0 heterocycles. The molecule has 0 radical (unpaired) electrons. The van der Waals surface area contributed by atoms with Crippen molar-refractivity contribution in [1.29, 1.82) is 0 Å². The molecule has 1 aliphatic carbocycles. The molecule has 1 amide bonds. The molecule has 0 saturated carbocycles. The number of amides is 1. The van der Waals surface area contributed by atoms with Crippen LogP contribution >= 0.6 is 0 Å². The highest BCUT2D eigenvalue weighted by atomic mass is 16.6. The predicted molar refractivity (Wildman–Crippen MR) is 66.6 cm³/mol. The summed E-state index contributed by atoms with van der Waals surface area (Å²) in [5, 5.41) is 9.30. The second-order valence-corrected chi connectivity index (χ2v) is 4.23. The summed E-state index contributed by atoms with van der Waals surface area (Å²) in [6.07, 6.45) is 3.08. The molecule has 5 nitrogen and oxygen atoms in total. The molecular weight excluding hydrogens is 232 g/mol. The summed E-state index contributed by atoms with van der Waals surface area (Å²) >= 11 is 0. The van der Waals surface area contributed by atoms with Gasteiger partial charge in [-0.05, 0) is 12.0 Å². The second-order valence-electron chi connectivity index (χ2n) is 4.23. The smallest absolute Gasteiger partial charge is 0.408 e. The zero-order chi connectivity index (χ0) is 13.0. The minimum absolute atomic E-state index is 0.301. The number of hydrogen-bond donors (Lipinski definition) is 2. The molecule has 0 spiro atoms. The Morgan fingerprint density at radius 3 is 2.78 bits per heavy atom. The molecule has 0 unspecified atom stereocenters. The summed E-state index contributed by atoms with van der Waals surface area (Å²) in [5.74, 6) is 5.20. The molecule has 1 aromatic carbocycles. The van der Waals surface area contributed by atoms with Gasteiger partial charge in [0.1, 0.15) is 6.10 Å². The number of rotatable bonds is 4. The second kappa shape index (κ2) is 5.66. The van der Waals surface area contributed by atoms with Crippen molar-refractivity contribution in [2.45, 2.75) is 25.1 Å². The van der Waals surface area contributed by atoms with Crippen LogP contribution in [0.25, 0.3) is 0 Å². The van der Waals surface area contributed by atoms with E-state index in [1.807, 2.05) is 42.5 Å². The fourth-order valence-corrected chi connectivity index (χ4v) is 2.14. The number of benzene rings is 1. The number of hydrogen-bond acceptors (Lipinski definition) is 3. The van der Waals surface area contributed by atoms with Gasteiger partial charge in [0.15, 0.2) is 0 Å². The van der Waals surface area contributed by atoms with Gasteiger partial charge in [0, 0.05) is 6.54 Å². The van der Waals surface area contributed by atoms with E-state index in [0.29, 0.717) is 13.0 Å². The van der Waals surface area contributed by atoms with Crippen molar-refractivity contribution < 1.29 is 14.7 Å². The van der Waals surface area contributed by atoms with Crippen LogP contribution in [0.2, 0.25) is 0 Å². The van der Waals surface area contributed by atoms with E-state index in [1.54, 1.807) is 0 Å². The first-order chi connectivity index (χ1) is 8.72. The molecule has 3 N–H and O–H groups in total. The predicted octanol–water partition coefficient (Wildman–Crippen LogP) is 1.75. The van der Waals surface area contributed by atoms with Gasteiger partial charge in [0.2, 0.25) is 0 Å². The highest BCUT2D eigenvalue weighted by Crippen LogP contribution is 2.21. The lowest BCUT2D eigenvalue weighted by atomic mass is 10.1. The van der Waals surface area contributed by atoms with Gasteiger partial charge in [0.05, 0.1) is 6.04 Å². The molecule has 0 aromatic heterocycles. The monoisotopic (exact) mass is 248 g/mol. The van der Waals surface area contributed by atoms with Crippen LogP contribution in [0.1, 0.15) is 12.0 Å². The minimum atomic E-state index is -0.975. The Bertz CT molecular complexity index is 433. The minimum Gasteiger partial charge on any atom is -0.465 e. The molecule has 5 heteroatoms. The molecule has 2 atom stereocenters. The highest BCUT2D eigenvalue weighted by Gasteiger charge is 2.32. The SMILES string of the molecule is NO[C@@H]1CC=C[C@@H]1N(Cc1ccccc1)C(=O)O. The normalized spacial score (nSPS) is 22.1. The van der Waals surface area contributed by atoms with Crippen LogP contribution in [0.3, 0.4) is 0 Å². The quantitative estimate of drug-likeness (QED) is 0.628. The van der Waals surface area contributed by atoms with Crippen LogP contribution in [-0.2, 0) is 11.4 Å². The van der Waals surface area contributed by atoms with Gasteiger partial charge >= 0.3 is 6.09 Å². The molecule has 0 bridgehead atoms. The Balaban J connectivity index is 2.14. The highest BCUT2D eigenvalue weighted by molar-refractivity contribution is 5.66. The molecule has 1 aromatic rings. The van der Waals surface area contributed by atoms with E-state index in [0.717, 1.165) is 5.56 Å². The Labute approximate surface area is 105 Å². The van der Waals surface area contributed by atoms with Crippen LogP contribution in [0.5, 0.6) is 0 Å². The van der Waals surface area contributed by atoms with Gasteiger partial charge in [-0.1, -0.05) is 42.5 Å². The van der Waals surface area contributed by atoms with E-state index >= 15 is 0 Å². The maximum absolute atomic E-state index is 11.3. The average molecular weight is 248 g/mol. The lowest BCUT2D eigenvalue weighted by Crippen LogP contribution is -2.44. The van der Waals surface area contributed by atoms with Gasteiger partial charge in [-0.25, -0.2) is 10.7 Å². The third kappa shape index (κ3) is 2.69. The van der Waals surface area contributed by atoms with Gasteiger partial charge < -0.3 is 5.11 Å². The Morgan fingerprint density at radius 2 is 2.17 bits per heavy atom. The summed E-state index contributed by atoms with van der Waals surface area (Å²) in [6, 6.07) is 9.14. The maximum Gasteiger partial charge on any atom is 0.408 e. The van der Waals surface area contributed by atoms with Crippen LogP contribution in [0, 0.1) is 0 Å². The lowest BCUT2D eigenvalue weighted by Gasteiger charge is -2.29. The summed E-state index contributed by atoms with van der Waals surface area (Å²) in [5.41, 5.74) is 0.941. The lowest BCUT2D eigenvalue weighted by molar-refractivity contribution is 0.00962. The van der Waals surface area contributed by atoms with Crippen molar-refractivity contribution in [3.05, 3.63) is 48.0 Å². The van der Waals surface area contributed by atoms with Crippen molar-refractivity contribution in [2.24, 2.45) is 5.90 Å². The topological polar surface area (TPSA) is 75.8 Å². The van der Waals surface area contributed by atoms with Crippen molar-refractivity contribution in [2.75, 3.05) is 0 Å². The van der Waals surface area contributed by atoms with Crippen molar-refractivity contribution in [3.63, 3.8) is 0 Å². The van der Waals surface area contributed by atoms with Gasteiger partial charge in [-0.3, -0.25) is 9.74 Å². The van der Waals surface area contributed by atoms with E-state index in [4.69, 9.17) is 10.7 Å². The van der Waals surface area contributed by atoms with E-state index in [9.17, 15) is 9.90 Å². The van der Waals surface area contributed by atoms with Crippen LogP contribution in [-0.4, -0.2) is 28.2 Å². The number of nitrogens with two attached hydrogens (primary N) is 1. The van der Waals surface area contributed by atoms with Crippen LogP contribution in [0.4, 0.5) is 4.79 Å². The molecule has 18 heavy (non-hydrogen) atoms. The first-order valence-corrected chi connectivity index (χ1v) is 5.78. The van der Waals surface area contributed by atoms with Gasteiger partial charge in [-0.15, -0.1) is 0 Å². The summed E-state index contributed by atoms with van der Waals surface area (Å²) < 4.78 is 0. The average Bonchev–Trinajstić information content (AvgIpc) is 2.84. The molecule has 0 fully saturated rings. The van der Waals surface area contributed by atoms with E-state index in [2.05, 4.69) is 0 Å². The van der Waals surface area contributed by atoms with Crippen molar-refractivity contribution >= 4 is 6.09 Å². The first kappa shape index (κ1) is 12.6. The number of carboxylic acid groups (broad SMARTS) is 1. The summed E-state index contributed by atoms with van der Waals surface area (Å²) in [6.45, 7) is 0.324. The number of nitrogens with zero attached hydrogens (tertiary/aromatic N) is 1. The Morgan fingerprint density at radius 1 is 1.44 bits per heavy atom. The maximum atomic E-state index is 11.3. The van der Waals surface area contributed by atoms with Crippen molar-refractivity contribution in [3.8, 4) is 0 Å². The zero-order valence-corrected chi connectivity index (χ0v) is 9.90. The number of carbonyl (C=O) groups is 1. The van der Waals surface area contributed by atoms with Gasteiger partial charge in [0.25, 0.3) is 0 Å². The van der Waals surface area contributed by atoms with E-state index in [1.165, 1.54) is 4.90 Å². The Kier molecular flexibility index (Phi) is 3.96. The molecule has 0 saturated heterocycles. The summed E-state index contributed by atoms with van der Waals surface area (Å²) in [4.78, 5) is 17.5. The molecule has 96 valence electrons. The van der Waals surface area contributed by atoms with E-state index < -0.39 is 6.09 Å².